The lowest BCUT2D eigenvalue weighted by atomic mass is 10.2. The number of methoxy groups -OCH3 is 1. The molecule has 0 radical (unpaired) electrons. The maximum absolute atomic E-state index is 11.3. The molecule has 0 heterocycles. The Hall–Kier alpha value is -1.60. The maximum Gasteiger partial charge on any atom is 0.343 e. The van der Waals surface area contributed by atoms with Gasteiger partial charge in [0.2, 0.25) is 0 Å². The van der Waals surface area contributed by atoms with E-state index in [-0.39, 0.29) is 6.61 Å². The summed E-state index contributed by atoms with van der Waals surface area (Å²) in [7, 11) is -2.13. The van der Waals surface area contributed by atoms with E-state index in [2.05, 4.69) is 4.74 Å². The van der Waals surface area contributed by atoms with Crippen LogP contribution >= 0.6 is 0 Å². The van der Waals surface area contributed by atoms with E-state index in [4.69, 9.17) is 10.5 Å². The molecule has 2 N–H and O–H groups in total. The molecule has 1 aromatic rings. The highest BCUT2D eigenvalue weighted by molar-refractivity contribution is 7.90. The van der Waals surface area contributed by atoms with Gasteiger partial charge in [-0.3, -0.25) is 0 Å². The number of esters is 1. The van der Waals surface area contributed by atoms with Gasteiger partial charge >= 0.3 is 5.97 Å². The van der Waals surface area contributed by atoms with Crippen LogP contribution in [-0.4, -0.2) is 34.4 Å². The average molecular weight is 273 g/mol. The summed E-state index contributed by atoms with van der Waals surface area (Å²) in [4.78, 5) is 10.9. The van der Waals surface area contributed by atoms with Gasteiger partial charge in [-0.05, 0) is 17.7 Å². The number of rotatable bonds is 5. The van der Waals surface area contributed by atoms with E-state index in [1.807, 2.05) is 0 Å². The molecule has 0 aliphatic carbocycles. The van der Waals surface area contributed by atoms with Gasteiger partial charge in [-0.15, -0.1) is 0 Å². The molecular formula is C11H15NO5S. The summed E-state index contributed by atoms with van der Waals surface area (Å²) >= 11 is 0. The number of ether oxygens (including phenoxy) is 2. The first-order valence-electron chi connectivity index (χ1n) is 5.08. The van der Waals surface area contributed by atoms with Gasteiger partial charge in [-0.2, -0.15) is 0 Å². The van der Waals surface area contributed by atoms with Crippen molar-refractivity contribution in [2.45, 2.75) is 5.37 Å². The summed E-state index contributed by atoms with van der Waals surface area (Å²) in [5.74, 6) is -0.162. The fourth-order valence-electron chi connectivity index (χ4n) is 1.23. The van der Waals surface area contributed by atoms with E-state index < -0.39 is 21.2 Å². The summed E-state index contributed by atoms with van der Waals surface area (Å²) in [6, 6.07) is 6.26. The first kappa shape index (κ1) is 14.5. The van der Waals surface area contributed by atoms with E-state index >= 15 is 0 Å². The average Bonchev–Trinajstić information content (AvgIpc) is 2.34. The van der Waals surface area contributed by atoms with Crippen molar-refractivity contribution < 1.29 is 22.7 Å². The SMILES string of the molecule is COC(=O)COc1cccc(C(N)S(C)(=O)=O)c1. The highest BCUT2D eigenvalue weighted by Gasteiger charge is 2.18. The lowest BCUT2D eigenvalue weighted by Gasteiger charge is -2.11. The molecule has 0 aromatic heterocycles. The van der Waals surface area contributed by atoms with Gasteiger partial charge in [0.1, 0.15) is 11.1 Å². The van der Waals surface area contributed by atoms with Gasteiger partial charge in [0, 0.05) is 6.26 Å². The topological polar surface area (TPSA) is 95.7 Å². The number of carbonyl (C=O) groups is 1. The van der Waals surface area contributed by atoms with E-state index in [1.165, 1.54) is 13.2 Å². The van der Waals surface area contributed by atoms with Crippen LogP contribution < -0.4 is 10.5 Å². The van der Waals surface area contributed by atoms with Crippen LogP contribution in [0.1, 0.15) is 10.9 Å². The van der Waals surface area contributed by atoms with Crippen molar-refractivity contribution in [3.05, 3.63) is 29.8 Å². The largest absolute Gasteiger partial charge is 0.482 e. The summed E-state index contributed by atoms with van der Waals surface area (Å²) < 4.78 is 32.2. The second kappa shape index (κ2) is 5.83. The first-order valence-corrected chi connectivity index (χ1v) is 7.04. The molecule has 1 atom stereocenters. The fraction of sp³-hybridized carbons (Fsp3) is 0.364. The van der Waals surface area contributed by atoms with Gasteiger partial charge in [0.25, 0.3) is 0 Å². The molecule has 1 aromatic carbocycles. The molecule has 1 rings (SSSR count). The van der Waals surface area contributed by atoms with E-state index in [0.29, 0.717) is 11.3 Å². The lowest BCUT2D eigenvalue weighted by Crippen LogP contribution is -2.20. The van der Waals surface area contributed by atoms with Crippen LogP contribution in [-0.2, 0) is 19.4 Å². The van der Waals surface area contributed by atoms with E-state index in [9.17, 15) is 13.2 Å². The quantitative estimate of drug-likeness (QED) is 0.772. The Bertz CT molecular complexity index is 526. The van der Waals surface area contributed by atoms with Crippen molar-refractivity contribution in [3.63, 3.8) is 0 Å². The maximum atomic E-state index is 11.3. The van der Waals surface area contributed by atoms with Gasteiger partial charge < -0.3 is 15.2 Å². The number of hydrogen-bond acceptors (Lipinski definition) is 6. The molecule has 0 amide bonds. The van der Waals surface area contributed by atoms with Gasteiger partial charge in [-0.25, -0.2) is 13.2 Å². The Balaban J connectivity index is 2.83. The number of benzene rings is 1. The minimum atomic E-state index is -3.38. The van der Waals surface area contributed by atoms with Gasteiger partial charge in [0.15, 0.2) is 16.4 Å². The van der Waals surface area contributed by atoms with Crippen molar-refractivity contribution in [1.29, 1.82) is 0 Å². The Labute approximate surface area is 106 Å². The molecule has 1 unspecified atom stereocenters. The van der Waals surface area contributed by atoms with Crippen molar-refractivity contribution in [1.82, 2.24) is 0 Å². The second-order valence-electron chi connectivity index (χ2n) is 3.69. The number of sulfone groups is 1. The predicted molar refractivity (Wildman–Crippen MR) is 65.7 cm³/mol. The van der Waals surface area contributed by atoms with Crippen LogP contribution in [0, 0.1) is 0 Å². The van der Waals surface area contributed by atoms with Crippen molar-refractivity contribution >= 4 is 15.8 Å². The van der Waals surface area contributed by atoms with Gasteiger partial charge in [0.05, 0.1) is 7.11 Å². The molecule has 100 valence electrons. The molecule has 18 heavy (non-hydrogen) atoms. The standard InChI is InChI=1S/C11H15NO5S/c1-16-10(13)7-17-9-5-3-4-8(6-9)11(12)18(2,14)15/h3-6,11H,7,12H2,1-2H3. The molecule has 0 spiro atoms. The van der Waals surface area contributed by atoms with Crippen molar-refractivity contribution in [2.24, 2.45) is 5.73 Å². The summed E-state index contributed by atoms with van der Waals surface area (Å²) in [6.45, 7) is -0.242. The van der Waals surface area contributed by atoms with Crippen LogP contribution in [0.3, 0.4) is 0 Å². The third kappa shape index (κ3) is 4.01. The van der Waals surface area contributed by atoms with Gasteiger partial charge in [-0.1, -0.05) is 12.1 Å². The second-order valence-corrected chi connectivity index (χ2v) is 5.85. The van der Waals surface area contributed by atoms with Crippen LogP contribution in [0.2, 0.25) is 0 Å². The minimum Gasteiger partial charge on any atom is -0.482 e. The molecule has 0 saturated heterocycles. The molecule has 7 heteroatoms. The number of carbonyl (C=O) groups excluding carboxylic acids is 1. The lowest BCUT2D eigenvalue weighted by molar-refractivity contribution is -0.142. The zero-order valence-electron chi connectivity index (χ0n) is 10.1. The molecule has 0 saturated carbocycles. The minimum absolute atomic E-state index is 0.242. The third-order valence-corrected chi connectivity index (χ3v) is 3.43. The normalized spacial score (nSPS) is 12.8. The summed E-state index contributed by atoms with van der Waals surface area (Å²) in [5.41, 5.74) is 5.99. The smallest absolute Gasteiger partial charge is 0.343 e. The Morgan fingerprint density at radius 1 is 1.44 bits per heavy atom. The van der Waals surface area contributed by atoms with Crippen molar-refractivity contribution in [3.8, 4) is 5.75 Å². The molecule has 0 bridgehead atoms. The van der Waals surface area contributed by atoms with Crippen LogP contribution in [0.25, 0.3) is 0 Å². The molecule has 0 fully saturated rings. The fourth-order valence-corrected chi connectivity index (χ4v) is 1.87. The van der Waals surface area contributed by atoms with Crippen molar-refractivity contribution in [2.75, 3.05) is 20.0 Å². The van der Waals surface area contributed by atoms with E-state index in [1.54, 1.807) is 18.2 Å². The monoisotopic (exact) mass is 273 g/mol. The van der Waals surface area contributed by atoms with E-state index in [0.717, 1.165) is 6.26 Å². The first-order chi connectivity index (χ1) is 8.34. The van der Waals surface area contributed by atoms with Crippen LogP contribution in [0.15, 0.2) is 24.3 Å². The summed E-state index contributed by atoms with van der Waals surface area (Å²) in [6.07, 6.45) is 1.06. The molecule has 6 nitrogen and oxygen atoms in total. The number of nitrogens with two attached hydrogens (primary N) is 1. The third-order valence-electron chi connectivity index (χ3n) is 2.23. The zero-order valence-corrected chi connectivity index (χ0v) is 10.9. The summed E-state index contributed by atoms with van der Waals surface area (Å²) in [5, 5.41) is -1.11. The molecule has 0 aliphatic rings. The zero-order chi connectivity index (χ0) is 13.8. The Morgan fingerprint density at radius 2 is 2.11 bits per heavy atom. The molecule has 0 aliphatic heterocycles. The predicted octanol–water partition coefficient (Wildman–Crippen LogP) is 0.240. The number of hydrogen-bond donors (Lipinski definition) is 1. The highest BCUT2D eigenvalue weighted by Crippen LogP contribution is 2.21. The Morgan fingerprint density at radius 3 is 2.67 bits per heavy atom. The van der Waals surface area contributed by atoms with Crippen LogP contribution in [0.5, 0.6) is 5.75 Å². The van der Waals surface area contributed by atoms with Crippen LogP contribution in [0.4, 0.5) is 0 Å². The molecular weight excluding hydrogens is 258 g/mol. The Kier molecular flexibility index (Phi) is 4.69. The highest BCUT2D eigenvalue weighted by atomic mass is 32.2.